The van der Waals surface area contributed by atoms with Crippen LogP contribution in [0.1, 0.15) is 46.5 Å². The molecule has 0 radical (unpaired) electrons. The van der Waals surface area contributed by atoms with Crippen LogP contribution in [0, 0.1) is 5.92 Å². The van der Waals surface area contributed by atoms with Gasteiger partial charge in [0, 0.05) is 19.1 Å². The average molecular weight is 276 g/mol. The van der Waals surface area contributed by atoms with Gasteiger partial charge >= 0.3 is 0 Å². The Balaban J connectivity index is 2.26. The zero-order valence-corrected chi connectivity index (χ0v) is 13.0. The summed E-state index contributed by atoms with van der Waals surface area (Å²) in [5.74, 6) is 0.868. The molecule has 0 heterocycles. The molecule has 1 aliphatic carbocycles. The fraction of sp³-hybridized carbons (Fsp3) is 1.00. The van der Waals surface area contributed by atoms with Crippen LogP contribution >= 0.6 is 0 Å². The third kappa shape index (κ3) is 5.24. The maximum absolute atomic E-state index is 12.1. The first-order valence-corrected chi connectivity index (χ1v) is 8.64. The Morgan fingerprint density at radius 1 is 1.22 bits per heavy atom. The second-order valence-corrected chi connectivity index (χ2v) is 7.87. The molecule has 0 spiro atoms. The summed E-state index contributed by atoms with van der Waals surface area (Å²) in [4.78, 5) is 0. The van der Waals surface area contributed by atoms with E-state index in [9.17, 15) is 8.42 Å². The van der Waals surface area contributed by atoms with Crippen molar-refractivity contribution in [2.45, 2.75) is 58.5 Å². The second kappa shape index (κ2) is 6.87. The Morgan fingerprint density at radius 2 is 1.83 bits per heavy atom. The van der Waals surface area contributed by atoms with Gasteiger partial charge in [0.15, 0.2) is 0 Å². The molecule has 18 heavy (non-hydrogen) atoms. The molecule has 0 aromatic carbocycles. The minimum atomic E-state index is -3.06. The fourth-order valence-electron chi connectivity index (χ4n) is 2.07. The highest BCUT2D eigenvalue weighted by Crippen LogP contribution is 2.35. The lowest BCUT2D eigenvalue weighted by molar-refractivity contribution is 0.356. The normalized spacial score (nSPS) is 18.6. The molecule has 108 valence electrons. The van der Waals surface area contributed by atoms with E-state index in [-0.39, 0.29) is 11.8 Å². The molecule has 0 aliphatic heterocycles. The van der Waals surface area contributed by atoms with Gasteiger partial charge in [-0.1, -0.05) is 13.8 Å². The molecule has 0 aromatic heterocycles. The highest BCUT2D eigenvalue weighted by molar-refractivity contribution is 7.89. The van der Waals surface area contributed by atoms with Crippen molar-refractivity contribution in [3.8, 4) is 0 Å². The van der Waals surface area contributed by atoms with Gasteiger partial charge in [-0.05, 0) is 45.1 Å². The molecule has 1 saturated carbocycles. The fourth-order valence-corrected chi connectivity index (χ4v) is 3.61. The predicted molar refractivity (Wildman–Crippen MR) is 76.1 cm³/mol. The van der Waals surface area contributed by atoms with E-state index in [0.717, 1.165) is 19.4 Å². The average Bonchev–Trinajstić information content (AvgIpc) is 3.09. The van der Waals surface area contributed by atoms with Gasteiger partial charge in [0.05, 0.1) is 5.75 Å². The van der Waals surface area contributed by atoms with Crippen LogP contribution in [0.25, 0.3) is 0 Å². The molecule has 1 N–H and O–H groups in total. The Labute approximate surface area is 112 Å². The lowest BCUT2D eigenvalue weighted by Gasteiger charge is -2.24. The number of nitrogens with one attached hydrogen (secondary N) is 1. The van der Waals surface area contributed by atoms with Gasteiger partial charge in [-0.15, -0.1) is 0 Å². The molecule has 0 amide bonds. The number of hydrogen-bond acceptors (Lipinski definition) is 3. The first-order chi connectivity index (χ1) is 8.34. The summed E-state index contributed by atoms with van der Waals surface area (Å²) in [7, 11) is -1.33. The van der Waals surface area contributed by atoms with Gasteiger partial charge < -0.3 is 5.32 Å². The predicted octanol–water partition coefficient (Wildman–Crippen LogP) is 1.82. The molecule has 5 heteroatoms. The summed E-state index contributed by atoms with van der Waals surface area (Å²) in [6, 6.07) is 0.642. The van der Waals surface area contributed by atoms with Crippen molar-refractivity contribution in [2.75, 3.05) is 19.3 Å². The van der Waals surface area contributed by atoms with Crippen LogP contribution in [0.5, 0.6) is 0 Å². The molecule has 1 fully saturated rings. The highest BCUT2D eigenvalue weighted by Gasteiger charge is 2.34. The topological polar surface area (TPSA) is 49.4 Å². The van der Waals surface area contributed by atoms with Crippen molar-refractivity contribution in [1.29, 1.82) is 0 Å². The summed E-state index contributed by atoms with van der Waals surface area (Å²) in [6.07, 6.45) is 4.02. The standard InChI is InChI=1S/C13H28N2O2S/c1-11(2)14-9-5-6-10-18(16,17)15(4)12(3)13-7-8-13/h11-14H,5-10H2,1-4H3. The van der Waals surface area contributed by atoms with Crippen molar-refractivity contribution in [2.24, 2.45) is 5.92 Å². The van der Waals surface area contributed by atoms with Crippen LogP contribution in [-0.4, -0.2) is 44.2 Å². The van der Waals surface area contributed by atoms with Gasteiger partial charge in [-0.25, -0.2) is 12.7 Å². The Morgan fingerprint density at radius 3 is 2.33 bits per heavy atom. The number of hydrogen-bond donors (Lipinski definition) is 1. The van der Waals surface area contributed by atoms with Crippen molar-refractivity contribution < 1.29 is 8.42 Å². The van der Waals surface area contributed by atoms with Gasteiger partial charge in [0.2, 0.25) is 10.0 Å². The van der Waals surface area contributed by atoms with E-state index in [1.54, 1.807) is 11.4 Å². The Kier molecular flexibility index (Phi) is 6.08. The molecular formula is C13H28N2O2S. The monoisotopic (exact) mass is 276 g/mol. The molecule has 0 saturated heterocycles. The van der Waals surface area contributed by atoms with Crippen LogP contribution in [0.3, 0.4) is 0 Å². The van der Waals surface area contributed by atoms with Crippen molar-refractivity contribution >= 4 is 10.0 Å². The molecule has 1 rings (SSSR count). The van der Waals surface area contributed by atoms with E-state index < -0.39 is 10.0 Å². The van der Waals surface area contributed by atoms with Crippen LogP contribution in [-0.2, 0) is 10.0 Å². The van der Waals surface area contributed by atoms with Gasteiger partial charge in [-0.2, -0.15) is 0 Å². The molecule has 1 unspecified atom stereocenters. The van der Waals surface area contributed by atoms with E-state index >= 15 is 0 Å². The van der Waals surface area contributed by atoms with E-state index in [4.69, 9.17) is 0 Å². The summed E-state index contributed by atoms with van der Waals surface area (Å²) < 4.78 is 25.8. The number of sulfonamides is 1. The molecule has 1 aliphatic rings. The summed E-state index contributed by atoms with van der Waals surface area (Å²) in [6.45, 7) is 7.12. The SMILES string of the molecule is CC(C)NCCCCS(=O)(=O)N(C)C(C)C1CC1. The van der Waals surface area contributed by atoms with Gasteiger partial charge in [0.1, 0.15) is 0 Å². The largest absolute Gasteiger partial charge is 0.315 e. The Hall–Kier alpha value is -0.130. The lowest BCUT2D eigenvalue weighted by atomic mass is 10.2. The van der Waals surface area contributed by atoms with Crippen LogP contribution in [0.4, 0.5) is 0 Å². The summed E-state index contributed by atoms with van der Waals surface area (Å²) in [5.41, 5.74) is 0. The first kappa shape index (κ1) is 15.9. The third-order valence-electron chi connectivity index (χ3n) is 3.70. The molecular weight excluding hydrogens is 248 g/mol. The molecule has 4 nitrogen and oxygen atoms in total. The minimum Gasteiger partial charge on any atom is -0.315 e. The lowest BCUT2D eigenvalue weighted by Crippen LogP contribution is -2.38. The van der Waals surface area contributed by atoms with E-state index in [2.05, 4.69) is 19.2 Å². The van der Waals surface area contributed by atoms with Crippen LogP contribution in [0.2, 0.25) is 0 Å². The quantitative estimate of drug-likeness (QED) is 0.654. The van der Waals surface area contributed by atoms with E-state index in [1.165, 1.54) is 12.8 Å². The highest BCUT2D eigenvalue weighted by atomic mass is 32.2. The maximum Gasteiger partial charge on any atom is 0.214 e. The van der Waals surface area contributed by atoms with Crippen molar-refractivity contribution in [3.63, 3.8) is 0 Å². The smallest absolute Gasteiger partial charge is 0.214 e. The molecule has 1 atom stereocenters. The first-order valence-electron chi connectivity index (χ1n) is 7.03. The number of rotatable bonds is 9. The summed E-state index contributed by atoms with van der Waals surface area (Å²) >= 11 is 0. The molecule has 0 bridgehead atoms. The maximum atomic E-state index is 12.1. The van der Waals surface area contributed by atoms with E-state index in [1.807, 2.05) is 6.92 Å². The number of unbranched alkanes of at least 4 members (excludes halogenated alkanes) is 1. The van der Waals surface area contributed by atoms with Crippen molar-refractivity contribution in [3.05, 3.63) is 0 Å². The number of nitrogens with zero attached hydrogens (tertiary/aromatic N) is 1. The summed E-state index contributed by atoms with van der Waals surface area (Å²) in [5, 5.41) is 3.30. The second-order valence-electron chi connectivity index (χ2n) is 5.73. The Bertz CT molecular complexity index is 337. The zero-order chi connectivity index (χ0) is 13.8. The van der Waals surface area contributed by atoms with Crippen LogP contribution < -0.4 is 5.32 Å². The minimum absolute atomic E-state index is 0.170. The van der Waals surface area contributed by atoms with E-state index in [0.29, 0.717) is 12.0 Å². The van der Waals surface area contributed by atoms with Crippen molar-refractivity contribution in [1.82, 2.24) is 9.62 Å². The third-order valence-corrected chi connectivity index (χ3v) is 5.71. The van der Waals surface area contributed by atoms with Gasteiger partial charge in [0.25, 0.3) is 0 Å². The molecule has 0 aromatic rings. The van der Waals surface area contributed by atoms with Crippen LogP contribution in [0.15, 0.2) is 0 Å². The zero-order valence-electron chi connectivity index (χ0n) is 12.1. The van der Waals surface area contributed by atoms with Gasteiger partial charge in [-0.3, -0.25) is 0 Å².